The Labute approximate surface area is 113 Å². The molecule has 1 aromatic carbocycles. The first kappa shape index (κ1) is 16.4. The van der Waals surface area contributed by atoms with Gasteiger partial charge in [-0.3, -0.25) is 0 Å². The molecule has 2 rings (SSSR count). The van der Waals surface area contributed by atoms with E-state index in [2.05, 4.69) is 54.6 Å². The quantitative estimate of drug-likeness (QED) is 0.594. The molecule has 0 N–H and O–H groups in total. The summed E-state index contributed by atoms with van der Waals surface area (Å²) in [5.41, 5.74) is 2.58. The van der Waals surface area contributed by atoms with Crippen molar-refractivity contribution in [2.45, 2.75) is 40.5 Å². The van der Waals surface area contributed by atoms with E-state index >= 15 is 0 Å². The van der Waals surface area contributed by atoms with Gasteiger partial charge in [-0.15, -0.1) is 0 Å². The van der Waals surface area contributed by atoms with E-state index in [-0.39, 0.29) is 0 Å². The topological polar surface area (TPSA) is 0 Å². The van der Waals surface area contributed by atoms with Crippen molar-refractivity contribution >= 4 is 6.08 Å². The van der Waals surface area contributed by atoms with Crippen LogP contribution in [-0.4, -0.2) is 0 Å². The third kappa shape index (κ3) is 6.90. The average Bonchev–Trinajstić information content (AvgIpc) is 2.51. The highest BCUT2D eigenvalue weighted by Gasteiger charge is 1.91. The molecule has 0 heterocycles. The smallest absolute Gasteiger partial charge is 0.0256 e. The number of hydrogen-bond donors (Lipinski definition) is 0. The minimum atomic E-state index is 1.17. The van der Waals surface area contributed by atoms with Gasteiger partial charge in [-0.25, -0.2) is 0 Å². The first-order valence-corrected chi connectivity index (χ1v) is 7.05. The molecule has 1 aromatic rings. The van der Waals surface area contributed by atoms with E-state index in [1.54, 1.807) is 0 Å². The first-order chi connectivity index (χ1) is 8.95. The van der Waals surface area contributed by atoms with Gasteiger partial charge in [-0.05, 0) is 24.0 Å². The van der Waals surface area contributed by atoms with E-state index < -0.39 is 0 Å². The van der Waals surface area contributed by atoms with Crippen LogP contribution in [0, 0.1) is 0 Å². The lowest BCUT2D eigenvalue weighted by Gasteiger charge is -2.00. The SMILES string of the molecule is C1=CC(/C=C/c2ccccc2)=CCC1.CC.CC. The maximum Gasteiger partial charge on any atom is -0.0256 e. The summed E-state index contributed by atoms with van der Waals surface area (Å²) in [4.78, 5) is 0. The van der Waals surface area contributed by atoms with Gasteiger partial charge in [0.05, 0.1) is 0 Å². The predicted molar refractivity (Wildman–Crippen MR) is 84.6 cm³/mol. The van der Waals surface area contributed by atoms with Crippen LogP contribution in [0.4, 0.5) is 0 Å². The molecule has 0 fully saturated rings. The Morgan fingerprint density at radius 2 is 1.50 bits per heavy atom. The van der Waals surface area contributed by atoms with Crippen LogP contribution >= 0.6 is 0 Å². The summed E-state index contributed by atoms with van der Waals surface area (Å²) in [7, 11) is 0. The minimum absolute atomic E-state index is 1.17. The zero-order chi connectivity index (χ0) is 13.6. The number of rotatable bonds is 2. The van der Waals surface area contributed by atoms with Crippen molar-refractivity contribution in [3.05, 3.63) is 65.8 Å². The zero-order valence-corrected chi connectivity index (χ0v) is 12.2. The summed E-state index contributed by atoms with van der Waals surface area (Å²) in [5, 5.41) is 0. The van der Waals surface area contributed by atoms with Crippen molar-refractivity contribution in [2.24, 2.45) is 0 Å². The molecular formula is C18H26. The molecule has 18 heavy (non-hydrogen) atoms. The number of hydrogen-bond acceptors (Lipinski definition) is 0. The van der Waals surface area contributed by atoms with Crippen molar-refractivity contribution in [3.63, 3.8) is 0 Å². The second-order valence-corrected chi connectivity index (χ2v) is 3.43. The Balaban J connectivity index is 0.000000659. The van der Waals surface area contributed by atoms with Crippen LogP contribution in [0.15, 0.2) is 60.2 Å². The number of benzene rings is 1. The summed E-state index contributed by atoms with van der Waals surface area (Å²) in [6.07, 6.45) is 13.4. The fourth-order valence-electron chi connectivity index (χ4n) is 1.51. The molecule has 0 aliphatic heterocycles. The van der Waals surface area contributed by atoms with E-state index in [0.717, 1.165) is 0 Å². The summed E-state index contributed by atoms with van der Waals surface area (Å²) < 4.78 is 0. The van der Waals surface area contributed by atoms with Crippen LogP contribution in [0.5, 0.6) is 0 Å². The molecule has 98 valence electrons. The molecule has 0 atom stereocenters. The molecule has 0 amide bonds. The molecule has 0 aromatic heterocycles. The Morgan fingerprint density at radius 3 is 2.06 bits per heavy atom. The van der Waals surface area contributed by atoms with Gasteiger partial charge in [0.25, 0.3) is 0 Å². The van der Waals surface area contributed by atoms with Crippen molar-refractivity contribution in [2.75, 3.05) is 0 Å². The Bertz CT molecular complexity index is 366. The van der Waals surface area contributed by atoms with Crippen molar-refractivity contribution in [3.8, 4) is 0 Å². The standard InChI is InChI=1S/C14H14.2C2H6/c1-3-7-13(8-4-1)11-12-14-9-5-2-6-10-14;2*1-2/h1,3-5,7-12H,2,6H2;2*1-2H3/b12-11+;;. The highest BCUT2D eigenvalue weighted by molar-refractivity contribution is 5.54. The van der Waals surface area contributed by atoms with E-state index in [9.17, 15) is 0 Å². The molecule has 0 bridgehead atoms. The third-order valence-electron chi connectivity index (χ3n) is 2.29. The van der Waals surface area contributed by atoms with Crippen molar-refractivity contribution in [1.82, 2.24) is 0 Å². The highest BCUT2D eigenvalue weighted by Crippen LogP contribution is 2.12. The first-order valence-electron chi connectivity index (χ1n) is 7.05. The van der Waals surface area contributed by atoms with Crippen molar-refractivity contribution in [1.29, 1.82) is 0 Å². The maximum atomic E-state index is 2.28. The van der Waals surface area contributed by atoms with Gasteiger partial charge in [0, 0.05) is 0 Å². The van der Waals surface area contributed by atoms with Gasteiger partial charge < -0.3 is 0 Å². The number of allylic oxidation sites excluding steroid dienone is 5. The largest absolute Gasteiger partial charge is 0.0836 e. The van der Waals surface area contributed by atoms with Gasteiger partial charge in [-0.2, -0.15) is 0 Å². The molecule has 0 saturated heterocycles. The van der Waals surface area contributed by atoms with Gasteiger partial charge >= 0.3 is 0 Å². The molecule has 0 nitrogen and oxygen atoms in total. The molecular weight excluding hydrogens is 216 g/mol. The van der Waals surface area contributed by atoms with Crippen LogP contribution in [-0.2, 0) is 0 Å². The van der Waals surface area contributed by atoms with E-state index in [4.69, 9.17) is 0 Å². The molecule has 0 saturated carbocycles. The fraction of sp³-hybridized carbons (Fsp3) is 0.333. The highest BCUT2D eigenvalue weighted by atomic mass is 14.0. The Kier molecular flexibility index (Phi) is 10.9. The fourth-order valence-corrected chi connectivity index (χ4v) is 1.51. The van der Waals surface area contributed by atoms with Gasteiger partial charge in [0.2, 0.25) is 0 Å². The summed E-state index contributed by atoms with van der Waals surface area (Å²) in [6.45, 7) is 8.00. The van der Waals surface area contributed by atoms with Crippen LogP contribution in [0.25, 0.3) is 6.08 Å². The maximum absolute atomic E-state index is 2.28. The zero-order valence-electron chi connectivity index (χ0n) is 12.2. The normalized spacial score (nSPS) is 13.0. The minimum Gasteiger partial charge on any atom is -0.0836 e. The van der Waals surface area contributed by atoms with Crippen LogP contribution in [0.1, 0.15) is 46.1 Å². The van der Waals surface area contributed by atoms with E-state index in [1.807, 2.05) is 33.8 Å². The van der Waals surface area contributed by atoms with Gasteiger partial charge in [0.15, 0.2) is 0 Å². The lowest BCUT2D eigenvalue weighted by molar-refractivity contribution is 1.03. The Morgan fingerprint density at radius 1 is 0.833 bits per heavy atom. The lowest BCUT2D eigenvalue weighted by Crippen LogP contribution is -1.79. The van der Waals surface area contributed by atoms with Crippen molar-refractivity contribution < 1.29 is 0 Å². The average molecular weight is 242 g/mol. The molecule has 1 aliphatic carbocycles. The molecule has 1 aliphatic rings. The lowest BCUT2D eigenvalue weighted by atomic mass is 10.1. The second-order valence-electron chi connectivity index (χ2n) is 3.43. The summed E-state index contributed by atoms with van der Waals surface area (Å²) >= 11 is 0. The van der Waals surface area contributed by atoms with Crippen LogP contribution in [0.2, 0.25) is 0 Å². The Hall–Kier alpha value is -1.56. The molecule has 0 spiro atoms. The molecule has 0 radical (unpaired) electrons. The summed E-state index contributed by atoms with van der Waals surface area (Å²) in [5.74, 6) is 0. The van der Waals surface area contributed by atoms with Gasteiger partial charge in [0.1, 0.15) is 0 Å². The third-order valence-corrected chi connectivity index (χ3v) is 2.29. The van der Waals surface area contributed by atoms with E-state index in [1.165, 1.54) is 24.0 Å². The van der Waals surface area contributed by atoms with Crippen LogP contribution in [0.3, 0.4) is 0 Å². The van der Waals surface area contributed by atoms with Crippen LogP contribution < -0.4 is 0 Å². The van der Waals surface area contributed by atoms with Gasteiger partial charge in [-0.1, -0.05) is 88.4 Å². The summed E-state index contributed by atoms with van der Waals surface area (Å²) in [6, 6.07) is 10.4. The molecule has 0 unspecified atom stereocenters. The molecule has 0 heteroatoms. The predicted octanol–water partition coefficient (Wildman–Crippen LogP) is 6.03. The van der Waals surface area contributed by atoms with E-state index in [0.29, 0.717) is 0 Å². The monoisotopic (exact) mass is 242 g/mol. The second kappa shape index (κ2) is 11.9.